The van der Waals surface area contributed by atoms with E-state index >= 15 is 0 Å². The van der Waals surface area contributed by atoms with Gasteiger partial charge in [0.25, 0.3) is 0 Å². The fraction of sp³-hybridized carbons (Fsp3) is 0.533. The van der Waals surface area contributed by atoms with Gasteiger partial charge in [-0.25, -0.2) is 15.0 Å². The lowest BCUT2D eigenvalue weighted by Gasteiger charge is -2.12. The summed E-state index contributed by atoms with van der Waals surface area (Å²) in [5, 5.41) is 0. The number of aromatic nitrogens is 4. The molecule has 2 aromatic rings. The number of anilines is 1. The molecule has 104 valence electrons. The number of hydrogen-bond donors (Lipinski definition) is 1. The van der Waals surface area contributed by atoms with E-state index in [0.29, 0.717) is 17.8 Å². The highest BCUT2D eigenvalue weighted by Gasteiger charge is 2.27. The number of hydrogen-bond acceptors (Lipinski definition) is 4. The zero-order valence-electron chi connectivity index (χ0n) is 11.5. The van der Waals surface area contributed by atoms with Crippen LogP contribution < -0.4 is 5.73 Å². The van der Waals surface area contributed by atoms with Gasteiger partial charge in [-0.15, -0.1) is 0 Å². The van der Waals surface area contributed by atoms with Crippen molar-refractivity contribution in [1.82, 2.24) is 19.5 Å². The molecule has 2 fully saturated rings. The summed E-state index contributed by atoms with van der Waals surface area (Å²) in [7, 11) is 0. The van der Waals surface area contributed by atoms with Crippen molar-refractivity contribution in [3.8, 4) is 11.5 Å². The second-order valence-corrected chi connectivity index (χ2v) is 5.94. The Labute approximate surface area is 118 Å². The zero-order chi connectivity index (χ0) is 13.5. The van der Waals surface area contributed by atoms with E-state index in [1.165, 1.54) is 38.5 Å². The highest BCUT2D eigenvalue weighted by molar-refractivity contribution is 5.52. The van der Waals surface area contributed by atoms with Gasteiger partial charge in [-0.3, -0.25) is 0 Å². The van der Waals surface area contributed by atoms with Gasteiger partial charge in [0.05, 0.1) is 12.5 Å². The van der Waals surface area contributed by atoms with E-state index in [-0.39, 0.29) is 0 Å². The molecule has 0 saturated heterocycles. The topological polar surface area (TPSA) is 69.6 Å². The predicted molar refractivity (Wildman–Crippen MR) is 77.1 cm³/mol. The largest absolute Gasteiger partial charge is 0.384 e. The first-order chi connectivity index (χ1) is 9.81. The molecule has 20 heavy (non-hydrogen) atoms. The van der Waals surface area contributed by atoms with Gasteiger partial charge in [0, 0.05) is 23.7 Å². The van der Waals surface area contributed by atoms with E-state index in [2.05, 4.69) is 14.5 Å². The van der Waals surface area contributed by atoms with Crippen LogP contribution in [0.4, 0.5) is 5.82 Å². The lowest BCUT2D eigenvalue weighted by Crippen LogP contribution is -2.05. The molecule has 0 spiro atoms. The Morgan fingerprint density at radius 1 is 1.10 bits per heavy atom. The van der Waals surface area contributed by atoms with Crippen molar-refractivity contribution in [3.63, 3.8) is 0 Å². The SMILES string of the molecule is Nc1cc(C2CCCC2)nc(-c2cncn2C2CC2)n1. The standard InChI is InChI=1S/C15H19N5/c16-14-7-12(10-3-1-2-4-10)18-15(19-14)13-8-17-9-20(13)11-5-6-11/h7-11H,1-6H2,(H2,16,18,19). The van der Waals surface area contributed by atoms with Crippen LogP contribution in [0.25, 0.3) is 11.5 Å². The fourth-order valence-corrected chi connectivity index (χ4v) is 3.15. The molecule has 5 heteroatoms. The van der Waals surface area contributed by atoms with Gasteiger partial charge >= 0.3 is 0 Å². The molecule has 0 atom stereocenters. The Kier molecular flexibility index (Phi) is 2.72. The summed E-state index contributed by atoms with van der Waals surface area (Å²) in [6.45, 7) is 0. The molecule has 0 aliphatic heterocycles. The van der Waals surface area contributed by atoms with Gasteiger partial charge in [-0.2, -0.15) is 0 Å². The number of nitrogens with zero attached hydrogens (tertiary/aromatic N) is 4. The maximum absolute atomic E-state index is 5.99. The van der Waals surface area contributed by atoms with Crippen LogP contribution in [0.15, 0.2) is 18.6 Å². The average molecular weight is 269 g/mol. The summed E-state index contributed by atoms with van der Waals surface area (Å²) in [4.78, 5) is 13.5. The molecule has 0 bridgehead atoms. The Balaban J connectivity index is 1.75. The molecule has 2 N–H and O–H groups in total. The maximum atomic E-state index is 5.99. The van der Waals surface area contributed by atoms with Gasteiger partial charge in [-0.05, 0) is 25.7 Å². The normalized spacial score (nSPS) is 19.6. The molecule has 2 aliphatic rings. The molecule has 0 amide bonds. The average Bonchev–Trinajstić information content (AvgIpc) is 2.96. The van der Waals surface area contributed by atoms with Gasteiger partial charge in [0.15, 0.2) is 5.82 Å². The summed E-state index contributed by atoms with van der Waals surface area (Å²) >= 11 is 0. The van der Waals surface area contributed by atoms with Crippen molar-refractivity contribution in [2.45, 2.75) is 50.5 Å². The third-order valence-electron chi connectivity index (χ3n) is 4.37. The monoisotopic (exact) mass is 269 g/mol. The second kappa shape index (κ2) is 4.58. The van der Waals surface area contributed by atoms with Gasteiger partial charge < -0.3 is 10.3 Å². The third-order valence-corrected chi connectivity index (χ3v) is 4.37. The minimum absolute atomic E-state index is 0.552. The van der Waals surface area contributed by atoms with E-state index in [0.717, 1.165) is 17.2 Å². The van der Waals surface area contributed by atoms with Crippen molar-refractivity contribution >= 4 is 5.82 Å². The Bertz CT molecular complexity index is 623. The van der Waals surface area contributed by atoms with Crippen molar-refractivity contribution in [2.24, 2.45) is 0 Å². The van der Waals surface area contributed by atoms with Crippen molar-refractivity contribution < 1.29 is 0 Å². The lowest BCUT2D eigenvalue weighted by atomic mass is 10.0. The summed E-state index contributed by atoms with van der Waals surface area (Å²) < 4.78 is 2.19. The van der Waals surface area contributed by atoms with Crippen LogP contribution in [-0.4, -0.2) is 19.5 Å². The molecule has 0 aromatic carbocycles. The van der Waals surface area contributed by atoms with Crippen molar-refractivity contribution in [3.05, 3.63) is 24.3 Å². The predicted octanol–water partition coefficient (Wildman–Crippen LogP) is 2.91. The van der Waals surface area contributed by atoms with E-state index in [4.69, 9.17) is 10.7 Å². The van der Waals surface area contributed by atoms with Crippen molar-refractivity contribution in [1.29, 1.82) is 0 Å². The number of nitrogens with two attached hydrogens (primary N) is 1. The second-order valence-electron chi connectivity index (χ2n) is 5.94. The first-order valence-electron chi connectivity index (χ1n) is 7.48. The first kappa shape index (κ1) is 11.9. The van der Waals surface area contributed by atoms with Crippen LogP contribution in [0, 0.1) is 0 Å². The molecule has 2 aromatic heterocycles. The maximum Gasteiger partial charge on any atom is 0.180 e. The Morgan fingerprint density at radius 3 is 2.65 bits per heavy atom. The van der Waals surface area contributed by atoms with Crippen LogP contribution in [0.2, 0.25) is 0 Å². The molecule has 2 saturated carbocycles. The molecular formula is C15H19N5. The number of imidazole rings is 1. The fourth-order valence-electron chi connectivity index (χ4n) is 3.15. The highest BCUT2D eigenvalue weighted by Crippen LogP contribution is 2.38. The van der Waals surface area contributed by atoms with E-state index in [1.54, 1.807) is 0 Å². The van der Waals surface area contributed by atoms with Crippen LogP contribution in [0.3, 0.4) is 0 Å². The lowest BCUT2D eigenvalue weighted by molar-refractivity contribution is 0.692. The van der Waals surface area contributed by atoms with E-state index in [1.807, 2.05) is 18.6 Å². The summed E-state index contributed by atoms with van der Waals surface area (Å²) in [5.74, 6) is 1.85. The molecule has 2 aliphatic carbocycles. The van der Waals surface area contributed by atoms with Crippen LogP contribution >= 0.6 is 0 Å². The van der Waals surface area contributed by atoms with Gasteiger partial charge in [0.2, 0.25) is 0 Å². The van der Waals surface area contributed by atoms with Crippen molar-refractivity contribution in [2.75, 3.05) is 5.73 Å². The number of nitrogen functional groups attached to an aromatic ring is 1. The molecule has 0 unspecified atom stereocenters. The zero-order valence-corrected chi connectivity index (χ0v) is 11.5. The summed E-state index contributed by atoms with van der Waals surface area (Å²) in [6, 6.07) is 2.52. The molecule has 2 heterocycles. The third kappa shape index (κ3) is 2.07. The van der Waals surface area contributed by atoms with E-state index < -0.39 is 0 Å². The smallest absolute Gasteiger partial charge is 0.180 e. The minimum Gasteiger partial charge on any atom is -0.384 e. The summed E-state index contributed by atoms with van der Waals surface area (Å²) in [6.07, 6.45) is 11.2. The number of rotatable bonds is 3. The van der Waals surface area contributed by atoms with Gasteiger partial charge in [0.1, 0.15) is 11.5 Å². The Hall–Kier alpha value is -1.91. The molecule has 5 nitrogen and oxygen atoms in total. The van der Waals surface area contributed by atoms with Gasteiger partial charge in [-0.1, -0.05) is 12.8 Å². The minimum atomic E-state index is 0.552. The highest BCUT2D eigenvalue weighted by atomic mass is 15.1. The quantitative estimate of drug-likeness (QED) is 0.930. The summed E-state index contributed by atoms with van der Waals surface area (Å²) in [5.41, 5.74) is 8.10. The molecule has 0 radical (unpaired) electrons. The van der Waals surface area contributed by atoms with Crippen LogP contribution in [0.1, 0.15) is 56.2 Å². The van der Waals surface area contributed by atoms with Crippen LogP contribution in [0.5, 0.6) is 0 Å². The molecular weight excluding hydrogens is 250 g/mol. The molecule has 4 rings (SSSR count). The van der Waals surface area contributed by atoms with E-state index in [9.17, 15) is 0 Å². The Morgan fingerprint density at radius 2 is 1.90 bits per heavy atom. The first-order valence-corrected chi connectivity index (χ1v) is 7.48. The van der Waals surface area contributed by atoms with Crippen LogP contribution in [-0.2, 0) is 0 Å².